The van der Waals surface area contributed by atoms with Crippen molar-refractivity contribution in [1.29, 1.82) is 0 Å². The Morgan fingerprint density at radius 1 is 1.41 bits per heavy atom. The third-order valence-corrected chi connectivity index (χ3v) is 5.34. The largest absolute Gasteiger partial charge is 0.452 e. The van der Waals surface area contributed by atoms with Gasteiger partial charge in [-0.05, 0) is 24.6 Å². The highest BCUT2D eigenvalue weighted by atomic mass is 79.9. The van der Waals surface area contributed by atoms with Crippen LogP contribution in [0.1, 0.15) is 16.8 Å². The van der Waals surface area contributed by atoms with E-state index in [-0.39, 0.29) is 17.1 Å². The van der Waals surface area contributed by atoms with E-state index in [0.29, 0.717) is 10.9 Å². The first-order valence-corrected chi connectivity index (χ1v) is 9.00. The molecular weight excluding hydrogens is 381 g/mol. The van der Waals surface area contributed by atoms with Crippen LogP contribution in [-0.2, 0) is 19.4 Å². The molecule has 1 amide bonds. The Labute approximate surface area is 135 Å². The lowest BCUT2D eigenvalue weighted by Gasteiger charge is -2.11. The van der Waals surface area contributed by atoms with E-state index in [4.69, 9.17) is 4.74 Å². The number of hydrogen-bond acceptors (Lipinski definition) is 5. The van der Waals surface area contributed by atoms with E-state index in [1.807, 2.05) is 0 Å². The lowest BCUT2D eigenvalue weighted by atomic mass is 10.2. The highest BCUT2D eigenvalue weighted by Crippen LogP contribution is 2.16. The van der Waals surface area contributed by atoms with Crippen molar-refractivity contribution < 1.29 is 27.1 Å². The molecule has 1 N–H and O–H groups in total. The summed E-state index contributed by atoms with van der Waals surface area (Å²) in [5.41, 5.74) is -0.286. The van der Waals surface area contributed by atoms with Crippen molar-refractivity contribution in [3.8, 4) is 0 Å². The van der Waals surface area contributed by atoms with Gasteiger partial charge in [-0.15, -0.1) is 0 Å². The minimum atomic E-state index is -3.10. The molecule has 1 saturated heterocycles. The summed E-state index contributed by atoms with van der Waals surface area (Å²) >= 11 is 3.10. The van der Waals surface area contributed by atoms with Crippen LogP contribution in [0.2, 0.25) is 0 Å². The fraction of sp³-hybridized carbons (Fsp3) is 0.385. The molecule has 120 valence electrons. The van der Waals surface area contributed by atoms with Crippen molar-refractivity contribution >= 4 is 37.6 Å². The fourth-order valence-corrected chi connectivity index (χ4v) is 4.08. The third-order valence-electron chi connectivity index (χ3n) is 3.08. The first-order chi connectivity index (χ1) is 10.3. The minimum Gasteiger partial charge on any atom is -0.452 e. The van der Waals surface area contributed by atoms with Gasteiger partial charge in [0.15, 0.2) is 16.4 Å². The number of rotatable bonds is 4. The molecule has 1 atom stereocenters. The average Bonchev–Trinajstić information content (AvgIpc) is 2.78. The van der Waals surface area contributed by atoms with Crippen LogP contribution in [0.15, 0.2) is 22.7 Å². The Bertz CT molecular complexity index is 706. The quantitative estimate of drug-likeness (QED) is 0.772. The topological polar surface area (TPSA) is 89.5 Å². The summed E-state index contributed by atoms with van der Waals surface area (Å²) in [6, 6.07) is 3.31. The zero-order valence-corrected chi connectivity index (χ0v) is 13.7. The number of esters is 1. The van der Waals surface area contributed by atoms with Gasteiger partial charge in [-0.25, -0.2) is 17.6 Å². The second kappa shape index (κ2) is 6.74. The molecule has 0 bridgehead atoms. The van der Waals surface area contributed by atoms with Crippen molar-refractivity contribution in [3.05, 3.63) is 34.1 Å². The number of carbonyl (C=O) groups excluding carboxylic acids is 2. The fourth-order valence-electron chi connectivity index (χ4n) is 2.04. The van der Waals surface area contributed by atoms with Gasteiger partial charge in [0.25, 0.3) is 5.91 Å². The molecular formula is C13H13BrFNO5S. The maximum atomic E-state index is 13.5. The summed E-state index contributed by atoms with van der Waals surface area (Å²) in [7, 11) is -3.10. The number of nitrogens with one attached hydrogen (secondary N) is 1. The van der Waals surface area contributed by atoms with Crippen molar-refractivity contribution in [2.75, 3.05) is 18.1 Å². The van der Waals surface area contributed by atoms with Crippen LogP contribution in [-0.4, -0.2) is 44.4 Å². The zero-order chi connectivity index (χ0) is 16.3. The van der Waals surface area contributed by atoms with E-state index in [9.17, 15) is 22.4 Å². The van der Waals surface area contributed by atoms with Gasteiger partial charge in [0.1, 0.15) is 5.82 Å². The molecule has 2 rings (SSSR count). The summed E-state index contributed by atoms with van der Waals surface area (Å²) < 4.78 is 41.2. The molecule has 22 heavy (non-hydrogen) atoms. The van der Waals surface area contributed by atoms with Crippen molar-refractivity contribution in [3.63, 3.8) is 0 Å². The second-order valence-electron chi connectivity index (χ2n) is 4.87. The van der Waals surface area contributed by atoms with Gasteiger partial charge in [0.05, 0.1) is 17.1 Å². The maximum absolute atomic E-state index is 13.5. The number of carbonyl (C=O) groups is 2. The average molecular weight is 394 g/mol. The Morgan fingerprint density at radius 3 is 2.77 bits per heavy atom. The number of sulfone groups is 1. The lowest BCUT2D eigenvalue weighted by molar-refractivity contribution is -0.124. The molecule has 0 saturated carbocycles. The summed E-state index contributed by atoms with van der Waals surface area (Å²) in [5.74, 6) is -2.43. The van der Waals surface area contributed by atoms with Crippen LogP contribution in [0.4, 0.5) is 4.39 Å². The van der Waals surface area contributed by atoms with E-state index in [1.165, 1.54) is 12.1 Å². The number of amides is 1. The van der Waals surface area contributed by atoms with Crippen LogP contribution in [0.25, 0.3) is 0 Å². The standard InChI is InChI=1S/C13H13BrFNO5S/c14-8-1-2-11(15)10(5-8)13(18)21-6-12(17)16-9-3-4-22(19,20)7-9/h1-2,5,9H,3-4,6-7H2,(H,16,17)/t9-/m0/s1. The van der Waals surface area contributed by atoms with Crippen molar-refractivity contribution in [2.45, 2.75) is 12.5 Å². The number of hydrogen-bond donors (Lipinski definition) is 1. The van der Waals surface area contributed by atoms with Gasteiger partial charge >= 0.3 is 5.97 Å². The number of benzene rings is 1. The SMILES string of the molecule is O=C(COC(=O)c1cc(Br)ccc1F)N[C@H]1CCS(=O)(=O)C1. The predicted octanol–water partition coefficient (Wildman–Crippen LogP) is 1.05. The summed E-state index contributed by atoms with van der Waals surface area (Å²) in [4.78, 5) is 23.3. The molecule has 9 heteroatoms. The maximum Gasteiger partial charge on any atom is 0.341 e. The molecule has 0 aromatic heterocycles. The Balaban J connectivity index is 1.86. The molecule has 0 spiro atoms. The lowest BCUT2D eigenvalue weighted by Crippen LogP contribution is -2.38. The summed E-state index contributed by atoms with van der Waals surface area (Å²) in [6.07, 6.45) is 0.336. The highest BCUT2D eigenvalue weighted by molar-refractivity contribution is 9.10. The first kappa shape index (κ1) is 16.9. The Kier molecular flexibility index (Phi) is 5.17. The molecule has 0 radical (unpaired) electrons. The minimum absolute atomic E-state index is 0.0288. The molecule has 1 heterocycles. The zero-order valence-electron chi connectivity index (χ0n) is 11.3. The van der Waals surface area contributed by atoms with Gasteiger partial charge in [-0.2, -0.15) is 0 Å². The van der Waals surface area contributed by atoms with Crippen molar-refractivity contribution in [2.24, 2.45) is 0 Å². The molecule has 1 aromatic rings. The van der Waals surface area contributed by atoms with Gasteiger partial charge in [0.2, 0.25) is 0 Å². The van der Waals surface area contributed by atoms with Crippen LogP contribution < -0.4 is 5.32 Å². The first-order valence-electron chi connectivity index (χ1n) is 6.39. The van der Waals surface area contributed by atoms with Gasteiger partial charge in [-0.1, -0.05) is 15.9 Å². The number of halogens is 2. The van der Waals surface area contributed by atoms with E-state index in [0.717, 1.165) is 6.07 Å². The molecule has 1 aliphatic heterocycles. The van der Waals surface area contributed by atoms with E-state index >= 15 is 0 Å². The van der Waals surface area contributed by atoms with Gasteiger partial charge < -0.3 is 10.1 Å². The molecule has 0 aliphatic carbocycles. The van der Waals surface area contributed by atoms with Crippen LogP contribution >= 0.6 is 15.9 Å². The van der Waals surface area contributed by atoms with E-state index < -0.39 is 40.2 Å². The number of ether oxygens (including phenoxy) is 1. The summed E-state index contributed by atoms with van der Waals surface area (Å²) in [6.45, 7) is -0.596. The third kappa shape index (κ3) is 4.51. The van der Waals surface area contributed by atoms with E-state index in [2.05, 4.69) is 21.2 Å². The highest BCUT2D eigenvalue weighted by Gasteiger charge is 2.29. The molecule has 0 unspecified atom stereocenters. The summed E-state index contributed by atoms with van der Waals surface area (Å²) in [5, 5.41) is 2.47. The second-order valence-corrected chi connectivity index (χ2v) is 8.01. The van der Waals surface area contributed by atoms with Gasteiger partial charge in [0, 0.05) is 10.5 Å². The molecule has 6 nitrogen and oxygen atoms in total. The van der Waals surface area contributed by atoms with Crippen molar-refractivity contribution in [1.82, 2.24) is 5.32 Å². The van der Waals surface area contributed by atoms with Gasteiger partial charge in [-0.3, -0.25) is 4.79 Å². The molecule has 1 aromatic carbocycles. The monoisotopic (exact) mass is 393 g/mol. The smallest absolute Gasteiger partial charge is 0.341 e. The Hall–Kier alpha value is -1.48. The van der Waals surface area contributed by atoms with E-state index in [1.54, 1.807) is 0 Å². The molecule has 1 aliphatic rings. The normalized spacial score (nSPS) is 19.6. The van der Waals surface area contributed by atoms with Crippen LogP contribution in [0, 0.1) is 5.82 Å². The molecule has 1 fully saturated rings. The predicted molar refractivity (Wildman–Crippen MR) is 79.6 cm³/mol. The Morgan fingerprint density at radius 2 is 2.14 bits per heavy atom. The van der Waals surface area contributed by atoms with Crippen LogP contribution in [0.5, 0.6) is 0 Å². The van der Waals surface area contributed by atoms with Crippen LogP contribution in [0.3, 0.4) is 0 Å².